The standard InChI is InChI=1S/C19H22N4O2/c1-15-6-3-8-17(12-15)24-11-5-10-23(2)14-18-21-22-19(25-18)16-7-4-9-20-13-16/h3-4,6-9,12-13H,5,10-11,14H2,1-2H3. The Morgan fingerprint density at radius 3 is 2.88 bits per heavy atom. The average Bonchev–Trinajstić information content (AvgIpc) is 3.08. The molecule has 25 heavy (non-hydrogen) atoms. The molecule has 3 aromatic rings. The smallest absolute Gasteiger partial charge is 0.249 e. The Kier molecular flexibility index (Phi) is 5.74. The van der Waals surface area contributed by atoms with Crippen LogP contribution in [0.4, 0.5) is 0 Å². The van der Waals surface area contributed by atoms with Crippen molar-refractivity contribution < 1.29 is 9.15 Å². The second-order valence-corrected chi connectivity index (χ2v) is 6.00. The first-order valence-corrected chi connectivity index (χ1v) is 8.31. The summed E-state index contributed by atoms with van der Waals surface area (Å²) >= 11 is 0. The summed E-state index contributed by atoms with van der Waals surface area (Å²) in [5.74, 6) is 2.01. The third-order valence-electron chi connectivity index (χ3n) is 3.72. The minimum Gasteiger partial charge on any atom is -0.494 e. The van der Waals surface area contributed by atoms with E-state index in [1.807, 2.05) is 37.4 Å². The van der Waals surface area contributed by atoms with Gasteiger partial charge in [-0.05, 0) is 50.2 Å². The first-order valence-electron chi connectivity index (χ1n) is 8.31. The minimum absolute atomic E-state index is 0.499. The lowest BCUT2D eigenvalue weighted by Crippen LogP contribution is -2.21. The van der Waals surface area contributed by atoms with E-state index in [-0.39, 0.29) is 0 Å². The highest BCUT2D eigenvalue weighted by atomic mass is 16.5. The van der Waals surface area contributed by atoms with Crippen molar-refractivity contribution in [2.24, 2.45) is 0 Å². The SMILES string of the molecule is Cc1cccc(OCCCN(C)Cc2nnc(-c3cccnc3)o2)c1. The van der Waals surface area contributed by atoms with Crippen molar-refractivity contribution in [2.75, 3.05) is 20.2 Å². The third-order valence-corrected chi connectivity index (χ3v) is 3.72. The van der Waals surface area contributed by atoms with Crippen molar-refractivity contribution in [1.82, 2.24) is 20.1 Å². The Labute approximate surface area is 147 Å². The van der Waals surface area contributed by atoms with Crippen LogP contribution in [0, 0.1) is 6.92 Å². The van der Waals surface area contributed by atoms with Gasteiger partial charge in [0.25, 0.3) is 0 Å². The molecule has 2 heterocycles. The van der Waals surface area contributed by atoms with Gasteiger partial charge in [-0.25, -0.2) is 0 Å². The van der Waals surface area contributed by atoms with Gasteiger partial charge in [0.15, 0.2) is 0 Å². The molecule has 6 nitrogen and oxygen atoms in total. The van der Waals surface area contributed by atoms with Crippen molar-refractivity contribution >= 4 is 0 Å². The summed E-state index contributed by atoms with van der Waals surface area (Å²) < 4.78 is 11.5. The Morgan fingerprint density at radius 1 is 1.16 bits per heavy atom. The predicted octanol–water partition coefficient (Wildman–Crippen LogP) is 3.34. The topological polar surface area (TPSA) is 64.3 Å². The normalized spacial score (nSPS) is 11.0. The molecule has 1 aromatic carbocycles. The number of aryl methyl sites for hydroxylation is 1. The summed E-state index contributed by atoms with van der Waals surface area (Å²) in [6.45, 7) is 4.23. The summed E-state index contributed by atoms with van der Waals surface area (Å²) in [7, 11) is 2.03. The van der Waals surface area contributed by atoms with E-state index in [2.05, 4.69) is 33.1 Å². The molecule has 3 rings (SSSR count). The molecule has 0 radical (unpaired) electrons. The van der Waals surface area contributed by atoms with Crippen LogP contribution in [0.3, 0.4) is 0 Å². The number of ether oxygens (including phenoxy) is 1. The van der Waals surface area contributed by atoms with Crippen LogP contribution in [0.25, 0.3) is 11.5 Å². The van der Waals surface area contributed by atoms with E-state index in [1.54, 1.807) is 12.4 Å². The molecule has 0 aliphatic carbocycles. The third kappa shape index (κ3) is 5.12. The van der Waals surface area contributed by atoms with Gasteiger partial charge in [0.05, 0.1) is 18.7 Å². The lowest BCUT2D eigenvalue weighted by atomic mass is 10.2. The molecule has 6 heteroatoms. The van der Waals surface area contributed by atoms with Crippen molar-refractivity contribution in [2.45, 2.75) is 19.9 Å². The first kappa shape index (κ1) is 17.1. The number of benzene rings is 1. The predicted molar refractivity (Wildman–Crippen MR) is 95.2 cm³/mol. The number of nitrogens with zero attached hydrogens (tertiary/aromatic N) is 4. The fourth-order valence-corrected chi connectivity index (χ4v) is 2.46. The van der Waals surface area contributed by atoms with Crippen LogP contribution >= 0.6 is 0 Å². The summed E-state index contributed by atoms with van der Waals surface area (Å²) in [5, 5.41) is 8.18. The molecule has 0 aliphatic rings. The molecule has 2 aromatic heterocycles. The zero-order chi connectivity index (χ0) is 17.5. The van der Waals surface area contributed by atoms with Gasteiger partial charge >= 0.3 is 0 Å². The lowest BCUT2D eigenvalue weighted by Gasteiger charge is -2.14. The highest BCUT2D eigenvalue weighted by Crippen LogP contribution is 2.16. The van der Waals surface area contributed by atoms with Crippen LogP contribution in [0.2, 0.25) is 0 Å². The van der Waals surface area contributed by atoms with Crippen LogP contribution in [-0.4, -0.2) is 40.3 Å². The Balaban J connectivity index is 1.42. The summed E-state index contributed by atoms with van der Waals surface area (Å²) in [5.41, 5.74) is 2.03. The molecule has 0 saturated carbocycles. The highest BCUT2D eigenvalue weighted by molar-refractivity contribution is 5.49. The molecule has 0 unspecified atom stereocenters. The molecule has 0 saturated heterocycles. The number of pyridine rings is 1. The maximum Gasteiger partial charge on any atom is 0.249 e. The molecule has 0 N–H and O–H groups in total. The Hall–Kier alpha value is -2.73. The number of hydrogen-bond acceptors (Lipinski definition) is 6. The highest BCUT2D eigenvalue weighted by Gasteiger charge is 2.10. The van der Waals surface area contributed by atoms with Crippen LogP contribution in [-0.2, 0) is 6.54 Å². The second kappa shape index (κ2) is 8.39. The van der Waals surface area contributed by atoms with E-state index in [4.69, 9.17) is 9.15 Å². The van der Waals surface area contributed by atoms with Gasteiger partial charge in [-0.3, -0.25) is 9.88 Å². The molecular formula is C19H22N4O2. The molecule has 0 fully saturated rings. The van der Waals surface area contributed by atoms with Gasteiger partial charge in [-0.15, -0.1) is 10.2 Å². The van der Waals surface area contributed by atoms with Gasteiger partial charge < -0.3 is 9.15 Å². The number of hydrogen-bond donors (Lipinski definition) is 0. The quantitative estimate of drug-likeness (QED) is 0.587. The van der Waals surface area contributed by atoms with E-state index in [9.17, 15) is 0 Å². The summed E-state index contributed by atoms with van der Waals surface area (Å²) in [6.07, 6.45) is 4.35. The van der Waals surface area contributed by atoms with E-state index in [0.717, 1.165) is 24.3 Å². The molecule has 0 aliphatic heterocycles. The van der Waals surface area contributed by atoms with Gasteiger partial charge in [0.1, 0.15) is 5.75 Å². The van der Waals surface area contributed by atoms with Crippen LogP contribution in [0.5, 0.6) is 5.75 Å². The zero-order valence-electron chi connectivity index (χ0n) is 14.6. The van der Waals surface area contributed by atoms with Crippen molar-refractivity contribution in [3.05, 3.63) is 60.2 Å². The van der Waals surface area contributed by atoms with E-state index in [1.165, 1.54) is 5.56 Å². The average molecular weight is 338 g/mol. The van der Waals surface area contributed by atoms with E-state index in [0.29, 0.717) is 24.9 Å². The molecule has 130 valence electrons. The molecular weight excluding hydrogens is 316 g/mol. The zero-order valence-corrected chi connectivity index (χ0v) is 14.6. The molecule has 0 atom stereocenters. The van der Waals surface area contributed by atoms with Crippen LogP contribution in [0.15, 0.2) is 53.2 Å². The monoisotopic (exact) mass is 338 g/mol. The first-order chi connectivity index (χ1) is 12.2. The maximum absolute atomic E-state index is 5.76. The maximum atomic E-state index is 5.76. The second-order valence-electron chi connectivity index (χ2n) is 6.00. The van der Waals surface area contributed by atoms with Crippen molar-refractivity contribution in [3.8, 4) is 17.2 Å². The van der Waals surface area contributed by atoms with Gasteiger partial charge in [-0.1, -0.05) is 12.1 Å². The minimum atomic E-state index is 0.499. The van der Waals surface area contributed by atoms with E-state index >= 15 is 0 Å². The van der Waals surface area contributed by atoms with Crippen LogP contribution in [0.1, 0.15) is 17.9 Å². The number of rotatable bonds is 8. The summed E-state index contributed by atoms with van der Waals surface area (Å²) in [4.78, 5) is 6.20. The fraction of sp³-hybridized carbons (Fsp3) is 0.316. The molecule has 0 spiro atoms. The Morgan fingerprint density at radius 2 is 2.08 bits per heavy atom. The van der Waals surface area contributed by atoms with Crippen LogP contribution < -0.4 is 4.74 Å². The van der Waals surface area contributed by atoms with E-state index < -0.39 is 0 Å². The largest absolute Gasteiger partial charge is 0.494 e. The van der Waals surface area contributed by atoms with Crippen molar-refractivity contribution in [1.29, 1.82) is 0 Å². The molecule has 0 bridgehead atoms. The fourth-order valence-electron chi connectivity index (χ4n) is 2.46. The Bertz CT molecular complexity index is 789. The number of aromatic nitrogens is 3. The molecule has 0 amide bonds. The summed E-state index contributed by atoms with van der Waals surface area (Å²) in [6, 6.07) is 11.8. The van der Waals surface area contributed by atoms with Gasteiger partial charge in [0.2, 0.25) is 11.8 Å². The van der Waals surface area contributed by atoms with Gasteiger partial charge in [-0.2, -0.15) is 0 Å². The van der Waals surface area contributed by atoms with Gasteiger partial charge in [0, 0.05) is 18.9 Å². The lowest BCUT2D eigenvalue weighted by molar-refractivity contribution is 0.245. The van der Waals surface area contributed by atoms with Crippen molar-refractivity contribution in [3.63, 3.8) is 0 Å².